The standard InChI is InChI=1S/C18H20FN3O3S/c1-13(2)20-21-18(23)12-22(16-8-6-15(19)7-9-16)26(24,25)17-10-4-14(3)5-11-17/h4-11H,12H2,1-3H3,(H,21,23). The molecule has 2 aromatic carbocycles. The second-order valence-electron chi connectivity index (χ2n) is 5.90. The number of hydrogen-bond donors (Lipinski definition) is 1. The van der Waals surface area contributed by atoms with Crippen LogP contribution < -0.4 is 9.73 Å². The third-order valence-electron chi connectivity index (χ3n) is 3.42. The minimum absolute atomic E-state index is 0.0374. The number of nitrogens with zero attached hydrogens (tertiary/aromatic N) is 2. The molecule has 0 unspecified atom stereocenters. The number of hydrazone groups is 1. The molecular formula is C18H20FN3O3S. The summed E-state index contributed by atoms with van der Waals surface area (Å²) < 4.78 is 40.2. The Morgan fingerprint density at radius 2 is 1.65 bits per heavy atom. The Balaban J connectivity index is 2.42. The first-order chi connectivity index (χ1) is 12.2. The third-order valence-corrected chi connectivity index (χ3v) is 5.20. The molecule has 2 aromatic rings. The van der Waals surface area contributed by atoms with Crippen molar-refractivity contribution in [2.45, 2.75) is 25.7 Å². The van der Waals surface area contributed by atoms with Crippen molar-refractivity contribution in [2.24, 2.45) is 5.10 Å². The second-order valence-corrected chi connectivity index (χ2v) is 7.76. The molecule has 0 aromatic heterocycles. The average molecular weight is 377 g/mol. The fraction of sp³-hybridized carbons (Fsp3) is 0.222. The van der Waals surface area contributed by atoms with Crippen LogP contribution >= 0.6 is 0 Å². The van der Waals surface area contributed by atoms with E-state index in [1.807, 2.05) is 6.92 Å². The molecule has 6 nitrogen and oxygen atoms in total. The maximum absolute atomic E-state index is 13.2. The normalized spacial score (nSPS) is 10.9. The maximum atomic E-state index is 13.2. The van der Waals surface area contributed by atoms with Gasteiger partial charge in [0.1, 0.15) is 12.4 Å². The SMILES string of the molecule is CC(C)=NNC(=O)CN(c1ccc(F)cc1)S(=O)(=O)c1ccc(C)cc1. The van der Waals surface area contributed by atoms with Crippen LogP contribution in [0.4, 0.5) is 10.1 Å². The van der Waals surface area contributed by atoms with Gasteiger partial charge in [-0.2, -0.15) is 5.10 Å². The number of halogens is 1. The van der Waals surface area contributed by atoms with E-state index in [1.54, 1.807) is 26.0 Å². The molecule has 138 valence electrons. The van der Waals surface area contributed by atoms with Crippen LogP contribution in [-0.4, -0.2) is 26.6 Å². The summed E-state index contributed by atoms with van der Waals surface area (Å²) in [5.74, 6) is -1.11. The van der Waals surface area contributed by atoms with Gasteiger partial charge in [0.25, 0.3) is 15.9 Å². The molecule has 1 N–H and O–H groups in total. The fourth-order valence-electron chi connectivity index (χ4n) is 2.10. The summed E-state index contributed by atoms with van der Waals surface area (Å²) in [6.45, 7) is 4.74. The number of carbonyl (C=O) groups is 1. The molecule has 0 fully saturated rings. The third kappa shape index (κ3) is 4.89. The summed E-state index contributed by atoms with van der Waals surface area (Å²) in [7, 11) is -4.02. The molecule has 2 rings (SSSR count). The summed E-state index contributed by atoms with van der Waals surface area (Å²) in [4.78, 5) is 12.2. The van der Waals surface area contributed by atoms with E-state index in [9.17, 15) is 17.6 Å². The Morgan fingerprint density at radius 3 is 2.19 bits per heavy atom. The highest BCUT2D eigenvalue weighted by atomic mass is 32.2. The number of aryl methyl sites for hydroxylation is 1. The van der Waals surface area contributed by atoms with E-state index < -0.39 is 28.3 Å². The van der Waals surface area contributed by atoms with Crippen molar-refractivity contribution in [3.8, 4) is 0 Å². The number of hydrogen-bond acceptors (Lipinski definition) is 4. The highest BCUT2D eigenvalue weighted by Gasteiger charge is 2.27. The molecule has 0 saturated heterocycles. The van der Waals surface area contributed by atoms with E-state index in [-0.39, 0.29) is 10.6 Å². The van der Waals surface area contributed by atoms with Gasteiger partial charge in [-0.25, -0.2) is 18.2 Å². The van der Waals surface area contributed by atoms with E-state index in [1.165, 1.54) is 24.3 Å². The summed E-state index contributed by atoms with van der Waals surface area (Å²) in [5, 5.41) is 3.79. The first kappa shape index (κ1) is 19.6. The zero-order valence-electron chi connectivity index (χ0n) is 14.7. The predicted octanol–water partition coefficient (Wildman–Crippen LogP) is 2.84. The van der Waals surface area contributed by atoms with Gasteiger partial charge in [-0.3, -0.25) is 9.10 Å². The van der Waals surface area contributed by atoms with Gasteiger partial charge in [-0.15, -0.1) is 0 Å². The van der Waals surface area contributed by atoms with E-state index in [2.05, 4.69) is 10.5 Å². The lowest BCUT2D eigenvalue weighted by atomic mass is 10.2. The number of rotatable bonds is 6. The molecule has 26 heavy (non-hydrogen) atoms. The molecule has 0 heterocycles. The van der Waals surface area contributed by atoms with Gasteiger partial charge in [0, 0.05) is 5.71 Å². The van der Waals surface area contributed by atoms with E-state index >= 15 is 0 Å². The Labute approximate surface area is 152 Å². The molecule has 0 saturated carbocycles. The van der Waals surface area contributed by atoms with Gasteiger partial charge in [-0.1, -0.05) is 17.7 Å². The maximum Gasteiger partial charge on any atom is 0.264 e. The molecule has 0 spiro atoms. The molecule has 0 atom stereocenters. The quantitative estimate of drug-likeness (QED) is 0.621. The molecule has 0 bridgehead atoms. The summed E-state index contributed by atoms with van der Waals surface area (Å²) in [5.41, 5.74) is 4.00. The van der Waals surface area contributed by atoms with Crippen LogP contribution in [0.1, 0.15) is 19.4 Å². The van der Waals surface area contributed by atoms with Crippen LogP contribution in [0, 0.1) is 12.7 Å². The van der Waals surface area contributed by atoms with Crippen molar-refractivity contribution >= 4 is 27.3 Å². The number of benzene rings is 2. The molecule has 1 amide bonds. The second kappa shape index (κ2) is 8.09. The Hall–Kier alpha value is -2.74. The van der Waals surface area contributed by atoms with Gasteiger partial charge in [0.2, 0.25) is 0 Å². The topological polar surface area (TPSA) is 78.8 Å². The first-order valence-electron chi connectivity index (χ1n) is 7.85. The smallest absolute Gasteiger partial charge is 0.264 e. The lowest BCUT2D eigenvalue weighted by molar-refractivity contribution is -0.119. The number of amides is 1. The van der Waals surface area contributed by atoms with Crippen LogP contribution in [0.15, 0.2) is 58.5 Å². The highest BCUT2D eigenvalue weighted by molar-refractivity contribution is 7.92. The molecule has 0 aliphatic heterocycles. The monoisotopic (exact) mass is 377 g/mol. The van der Waals surface area contributed by atoms with Crippen molar-refractivity contribution in [1.29, 1.82) is 0 Å². The molecule has 8 heteroatoms. The van der Waals surface area contributed by atoms with Crippen LogP contribution in [-0.2, 0) is 14.8 Å². The van der Waals surface area contributed by atoms with Gasteiger partial charge < -0.3 is 0 Å². The van der Waals surface area contributed by atoms with Crippen LogP contribution in [0.3, 0.4) is 0 Å². The van der Waals surface area contributed by atoms with Gasteiger partial charge in [-0.05, 0) is 57.2 Å². The van der Waals surface area contributed by atoms with Gasteiger partial charge in [0.05, 0.1) is 10.6 Å². The highest BCUT2D eigenvalue weighted by Crippen LogP contribution is 2.24. The van der Waals surface area contributed by atoms with Crippen molar-refractivity contribution in [3.63, 3.8) is 0 Å². The fourth-order valence-corrected chi connectivity index (χ4v) is 3.52. The number of sulfonamides is 1. The average Bonchev–Trinajstić information content (AvgIpc) is 2.59. The van der Waals surface area contributed by atoms with E-state index in [0.29, 0.717) is 5.71 Å². The Bertz CT molecular complexity index is 904. The van der Waals surface area contributed by atoms with Crippen LogP contribution in [0.2, 0.25) is 0 Å². The lowest BCUT2D eigenvalue weighted by Gasteiger charge is -2.23. The lowest BCUT2D eigenvalue weighted by Crippen LogP contribution is -2.39. The zero-order valence-corrected chi connectivity index (χ0v) is 15.5. The number of anilines is 1. The van der Waals surface area contributed by atoms with Gasteiger partial charge in [0.15, 0.2) is 0 Å². The van der Waals surface area contributed by atoms with Crippen LogP contribution in [0.25, 0.3) is 0 Å². The Morgan fingerprint density at radius 1 is 1.08 bits per heavy atom. The molecule has 0 aliphatic rings. The zero-order chi connectivity index (χ0) is 19.3. The van der Waals surface area contributed by atoms with Crippen molar-refractivity contribution < 1.29 is 17.6 Å². The predicted molar refractivity (Wildman–Crippen MR) is 99.0 cm³/mol. The minimum atomic E-state index is -4.02. The minimum Gasteiger partial charge on any atom is -0.271 e. The number of carbonyl (C=O) groups excluding carboxylic acids is 1. The summed E-state index contributed by atoms with van der Waals surface area (Å²) in [6, 6.07) is 11.2. The van der Waals surface area contributed by atoms with Crippen molar-refractivity contribution in [3.05, 3.63) is 59.9 Å². The summed E-state index contributed by atoms with van der Waals surface area (Å²) in [6.07, 6.45) is 0. The van der Waals surface area contributed by atoms with E-state index in [0.717, 1.165) is 22.0 Å². The summed E-state index contributed by atoms with van der Waals surface area (Å²) >= 11 is 0. The first-order valence-corrected chi connectivity index (χ1v) is 9.29. The van der Waals surface area contributed by atoms with Crippen molar-refractivity contribution in [1.82, 2.24) is 5.43 Å². The van der Waals surface area contributed by atoms with E-state index in [4.69, 9.17) is 0 Å². The van der Waals surface area contributed by atoms with Crippen molar-refractivity contribution in [2.75, 3.05) is 10.8 Å². The number of nitrogens with one attached hydrogen (secondary N) is 1. The molecule has 0 radical (unpaired) electrons. The van der Waals surface area contributed by atoms with Gasteiger partial charge >= 0.3 is 0 Å². The largest absolute Gasteiger partial charge is 0.271 e. The molecular weight excluding hydrogens is 357 g/mol. The van der Waals surface area contributed by atoms with Crippen LogP contribution in [0.5, 0.6) is 0 Å². The Kier molecular flexibility index (Phi) is 6.10. The molecule has 0 aliphatic carbocycles.